The number of aromatic nitrogens is 1. The molecule has 120 valence electrons. The predicted molar refractivity (Wildman–Crippen MR) is 104 cm³/mol. The largest absolute Gasteiger partial charge is 0.213 e. The van der Waals surface area contributed by atoms with Gasteiger partial charge in [0.1, 0.15) is 7.05 Å². The van der Waals surface area contributed by atoms with E-state index in [-0.39, 0.29) is 0 Å². The smallest absolute Gasteiger partial charge is 0.201 e. The molecule has 0 fully saturated rings. The fourth-order valence-electron chi connectivity index (χ4n) is 4.28. The van der Waals surface area contributed by atoms with Gasteiger partial charge >= 0.3 is 0 Å². The van der Waals surface area contributed by atoms with E-state index in [0.29, 0.717) is 0 Å². The lowest BCUT2D eigenvalue weighted by Crippen LogP contribution is -2.30. The first kappa shape index (κ1) is 14.4. The number of hydrogen-bond acceptors (Lipinski definition) is 0. The van der Waals surface area contributed by atoms with Crippen molar-refractivity contribution in [3.8, 4) is 33.5 Å². The minimum atomic E-state index is 1.28. The lowest BCUT2D eigenvalue weighted by Gasteiger charge is -2.13. The number of aryl methyl sites for hydroxylation is 3. The maximum absolute atomic E-state index is 2.34. The molecule has 5 rings (SSSR count). The van der Waals surface area contributed by atoms with Crippen molar-refractivity contribution >= 4 is 10.8 Å². The Bertz CT molecular complexity index is 1170. The average molecular weight is 322 g/mol. The SMILES string of the molecule is Cc1cc[n+](C)c(-c2c(C)cc3cccc4c3c2-c2ccccc2-4)c1. The zero-order chi connectivity index (χ0) is 17.1. The second kappa shape index (κ2) is 5.03. The summed E-state index contributed by atoms with van der Waals surface area (Å²) in [4.78, 5) is 0. The van der Waals surface area contributed by atoms with Crippen molar-refractivity contribution < 1.29 is 4.57 Å². The highest BCUT2D eigenvalue weighted by atomic mass is 14.9. The molecule has 0 unspecified atom stereocenters. The summed E-state index contributed by atoms with van der Waals surface area (Å²) in [5.74, 6) is 0. The molecule has 0 bridgehead atoms. The number of fused-ring (bicyclic) bond motifs is 3. The van der Waals surface area contributed by atoms with Gasteiger partial charge in [-0.2, -0.15) is 0 Å². The Morgan fingerprint density at radius 2 is 1.48 bits per heavy atom. The summed E-state index contributed by atoms with van der Waals surface area (Å²) in [7, 11) is 2.14. The molecule has 4 aromatic rings. The molecule has 0 N–H and O–H groups in total. The maximum atomic E-state index is 2.34. The molecule has 1 aliphatic rings. The Kier molecular flexibility index (Phi) is 2.90. The lowest BCUT2D eigenvalue weighted by atomic mass is 9.91. The highest BCUT2D eigenvalue weighted by molar-refractivity contribution is 6.19. The van der Waals surface area contributed by atoms with Gasteiger partial charge in [-0.25, -0.2) is 4.57 Å². The summed E-state index contributed by atoms with van der Waals surface area (Å²) >= 11 is 0. The highest BCUT2D eigenvalue weighted by Crippen LogP contribution is 2.51. The maximum Gasteiger partial charge on any atom is 0.213 e. The minimum absolute atomic E-state index is 1.28. The topological polar surface area (TPSA) is 3.88 Å². The zero-order valence-electron chi connectivity index (χ0n) is 14.8. The van der Waals surface area contributed by atoms with Gasteiger partial charge in [-0.05, 0) is 52.4 Å². The molecule has 1 aliphatic carbocycles. The van der Waals surface area contributed by atoms with Gasteiger partial charge in [0.2, 0.25) is 5.69 Å². The van der Waals surface area contributed by atoms with Crippen LogP contribution < -0.4 is 4.57 Å². The first-order chi connectivity index (χ1) is 12.1. The van der Waals surface area contributed by atoms with E-state index < -0.39 is 0 Å². The number of rotatable bonds is 1. The van der Waals surface area contributed by atoms with Crippen LogP contribution >= 0.6 is 0 Å². The summed E-state index contributed by atoms with van der Waals surface area (Å²) in [6.45, 7) is 4.40. The quantitative estimate of drug-likeness (QED) is 0.354. The summed E-state index contributed by atoms with van der Waals surface area (Å²) in [5.41, 5.74) is 10.7. The third kappa shape index (κ3) is 1.93. The molecular formula is C24H20N+. The van der Waals surface area contributed by atoms with Crippen LogP contribution in [-0.2, 0) is 7.05 Å². The van der Waals surface area contributed by atoms with Gasteiger partial charge in [-0.3, -0.25) is 0 Å². The Hall–Kier alpha value is -2.93. The molecule has 0 radical (unpaired) electrons. The fraction of sp³-hybridized carbons (Fsp3) is 0.125. The minimum Gasteiger partial charge on any atom is -0.201 e. The fourth-order valence-corrected chi connectivity index (χ4v) is 4.28. The van der Waals surface area contributed by atoms with E-state index in [2.05, 4.69) is 92.3 Å². The molecule has 0 saturated heterocycles. The van der Waals surface area contributed by atoms with Crippen LogP contribution in [0.3, 0.4) is 0 Å². The Morgan fingerprint density at radius 1 is 0.720 bits per heavy atom. The Balaban J connectivity index is 2.00. The average Bonchev–Trinajstić information content (AvgIpc) is 2.94. The van der Waals surface area contributed by atoms with Crippen LogP contribution in [-0.4, -0.2) is 0 Å². The molecule has 0 atom stereocenters. The van der Waals surface area contributed by atoms with Crippen LogP contribution in [0.25, 0.3) is 44.3 Å². The summed E-state index contributed by atoms with van der Waals surface area (Å²) in [5, 5.41) is 2.73. The first-order valence-corrected chi connectivity index (χ1v) is 8.78. The molecule has 1 heteroatoms. The molecule has 1 heterocycles. The van der Waals surface area contributed by atoms with Gasteiger partial charge in [0.05, 0.1) is 5.56 Å². The van der Waals surface area contributed by atoms with Crippen molar-refractivity contribution in [1.29, 1.82) is 0 Å². The van der Waals surface area contributed by atoms with E-state index in [0.717, 1.165) is 0 Å². The summed E-state index contributed by atoms with van der Waals surface area (Å²) in [6.07, 6.45) is 2.16. The van der Waals surface area contributed by atoms with E-state index >= 15 is 0 Å². The molecule has 0 spiro atoms. The zero-order valence-corrected chi connectivity index (χ0v) is 14.8. The number of pyridine rings is 1. The molecule has 3 aromatic carbocycles. The number of benzene rings is 3. The van der Waals surface area contributed by atoms with Crippen LogP contribution in [0.15, 0.2) is 66.9 Å². The molecule has 0 amide bonds. The van der Waals surface area contributed by atoms with Crippen molar-refractivity contribution in [3.05, 3.63) is 78.0 Å². The van der Waals surface area contributed by atoms with Gasteiger partial charge < -0.3 is 0 Å². The second-order valence-electron chi connectivity index (χ2n) is 7.09. The predicted octanol–water partition coefficient (Wildman–Crippen LogP) is 5.60. The first-order valence-electron chi connectivity index (χ1n) is 8.78. The van der Waals surface area contributed by atoms with Crippen molar-refractivity contribution in [2.45, 2.75) is 13.8 Å². The Morgan fingerprint density at radius 3 is 2.32 bits per heavy atom. The van der Waals surface area contributed by atoms with Crippen LogP contribution in [0, 0.1) is 13.8 Å². The standard InChI is InChI=1S/C24H20N/c1-15-11-12-25(3)21(13-15)22-16(2)14-17-7-6-10-19-18-8-4-5-9-20(18)24(22)23(17)19/h4-14H,1-3H3/q+1. The van der Waals surface area contributed by atoms with Crippen molar-refractivity contribution in [2.24, 2.45) is 7.05 Å². The van der Waals surface area contributed by atoms with Crippen molar-refractivity contribution in [2.75, 3.05) is 0 Å². The molecule has 1 aromatic heterocycles. The van der Waals surface area contributed by atoms with Gasteiger partial charge in [-0.15, -0.1) is 0 Å². The lowest BCUT2D eigenvalue weighted by molar-refractivity contribution is -0.660. The van der Waals surface area contributed by atoms with E-state index in [9.17, 15) is 0 Å². The van der Waals surface area contributed by atoms with Crippen molar-refractivity contribution in [3.63, 3.8) is 0 Å². The second-order valence-corrected chi connectivity index (χ2v) is 7.09. The van der Waals surface area contributed by atoms with Gasteiger partial charge in [-0.1, -0.05) is 48.5 Å². The van der Waals surface area contributed by atoms with E-state index in [1.807, 2.05) is 0 Å². The van der Waals surface area contributed by atoms with Gasteiger partial charge in [0, 0.05) is 17.7 Å². The Labute approximate surface area is 148 Å². The third-order valence-electron chi connectivity index (χ3n) is 5.41. The van der Waals surface area contributed by atoms with E-state index in [4.69, 9.17) is 0 Å². The number of nitrogens with zero attached hydrogens (tertiary/aromatic N) is 1. The molecular weight excluding hydrogens is 302 g/mol. The van der Waals surface area contributed by atoms with Crippen LogP contribution in [0.2, 0.25) is 0 Å². The number of hydrogen-bond donors (Lipinski definition) is 0. The van der Waals surface area contributed by atoms with Crippen LogP contribution in [0.4, 0.5) is 0 Å². The van der Waals surface area contributed by atoms with Crippen LogP contribution in [0.5, 0.6) is 0 Å². The summed E-state index contributed by atoms with van der Waals surface area (Å²) in [6, 6.07) is 22.3. The monoisotopic (exact) mass is 322 g/mol. The molecule has 0 aliphatic heterocycles. The molecule has 1 nitrogen and oxygen atoms in total. The van der Waals surface area contributed by atoms with Crippen LogP contribution in [0.1, 0.15) is 11.1 Å². The highest BCUT2D eigenvalue weighted by Gasteiger charge is 2.28. The van der Waals surface area contributed by atoms with Crippen molar-refractivity contribution in [1.82, 2.24) is 0 Å². The summed E-state index contributed by atoms with van der Waals surface area (Å²) < 4.78 is 2.24. The van der Waals surface area contributed by atoms with E-state index in [1.54, 1.807) is 0 Å². The van der Waals surface area contributed by atoms with E-state index in [1.165, 1.54) is 55.4 Å². The normalized spacial score (nSPS) is 11.8. The third-order valence-corrected chi connectivity index (χ3v) is 5.41. The van der Waals surface area contributed by atoms with Gasteiger partial charge in [0.25, 0.3) is 0 Å². The molecule has 25 heavy (non-hydrogen) atoms. The van der Waals surface area contributed by atoms with Gasteiger partial charge in [0.15, 0.2) is 6.20 Å². The molecule has 0 saturated carbocycles.